The first kappa shape index (κ1) is 38.0. The molecule has 0 aromatic carbocycles. The molecule has 0 bridgehead atoms. The number of carbonyl (C=O) groups is 2. The summed E-state index contributed by atoms with van der Waals surface area (Å²) >= 11 is 0. The molecule has 0 aliphatic rings. The van der Waals surface area contributed by atoms with Crippen molar-refractivity contribution in [1.82, 2.24) is 0 Å². The quantitative estimate of drug-likeness (QED) is 0.0622. The Hall–Kier alpha value is -1.19. The van der Waals surface area contributed by atoms with Gasteiger partial charge in [0.2, 0.25) is 0 Å². The first-order valence-electron chi connectivity index (χ1n) is 14.7. The van der Waals surface area contributed by atoms with E-state index >= 15 is 0 Å². The molecule has 0 aromatic heterocycles. The largest absolute Gasteiger partial charge is 0.481 e. The SMILES string of the molecule is CCCCCCCCCCCCN.CCCCCCCCCCCCOC(=O)C(CC(=O)O)S(=O)(=O)O. The topological polar surface area (TPSA) is 144 Å². The molecule has 0 amide bonds. The van der Waals surface area contributed by atoms with E-state index in [2.05, 4.69) is 13.8 Å². The number of carboxylic acids is 1. The second kappa shape index (κ2) is 27.8. The van der Waals surface area contributed by atoms with Crippen LogP contribution in [0, 0.1) is 0 Å². The van der Waals surface area contributed by atoms with Gasteiger partial charge in [-0.25, -0.2) is 0 Å². The smallest absolute Gasteiger partial charge is 0.327 e. The zero-order chi connectivity index (χ0) is 28.2. The monoisotopic (exact) mass is 551 g/mol. The van der Waals surface area contributed by atoms with Crippen molar-refractivity contribution in [2.75, 3.05) is 13.2 Å². The molecule has 0 aromatic rings. The highest BCUT2D eigenvalue weighted by molar-refractivity contribution is 7.87. The van der Waals surface area contributed by atoms with Crippen LogP contribution in [0.4, 0.5) is 0 Å². The normalized spacial score (nSPS) is 12.0. The molecule has 0 aliphatic heterocycles. The van der Waals surface area contributed by atoms with Gasteiger partial charge in [-0.15, -0.1) is 0 Å². The highest BCUT2D eigenvalue weighted by atomic mass is 32.2. The predicted octanol–water partition coefficient (Wildman–Crippen LogP) is 7.05. The third-order valence-electron chi connectivity index (χ3n) is 6.28. The molecule has 0 spiro atoms. The lowest BCUT2D eigenvalue weighted by Gasteiger charge is -2.11. The van der Waals surface area contributed by atoms with Gasteiger partial charge in [0.05, 0.1) is 13.0 Å². The second-order valence-corrected chi connectivity index (χ2v) is 11.5. The minimum absolute atomic E-state index is 0.0287. The molecule has 0 heterocycles. The summed E-state index contributed by atoms with van der Waals surface area (Å²) in [7, 11) is -4.78. The standard InChI is InChI=1S/C16H30O7S.C12H27N/c1-2-3-4-5-6-7-8-9-10-11-12-23-16(19)14(13-15(17)18)24(20,21)22;1-2-3-4-5-6-7-8-9-10-11-12-13/h14H,2-13H2,1H3,(H,17,18)(H,20,21,22);2-13H2,1H3. The molecule has 4 N–H and O–H groups in total. The number of nitrogens with two attached hydrogens (primary N) is 1. The van der Waals surface area contributed by atoms with Gasteiger partial charge in [-0.3, -0.25) is 14.1 Å². The van der Waals surface area contributed by atoms with Gasteiger partial charge >= 0.3 is 11.9 Å². The predicted molar refractivity (Wildman–Crippen MR) is 151 cm³/mol. The Morgan fingerprint density at radius 1 is 0.676 bits per heavy atom. The Bertz CT molecular complexity index is 616. The number of carboxylic acid groups (broad SMARTS) is 1. The van der Waals surface area contributed by atoms with Crippen LogP contribution in [0.5, 0.6) is 0 Å². The van der Waals surface area contributed by atoms with Gasteiger partial charge in [-0.1, -0.05) is 129 Å². The molecular formula is C28H57NO7S. The number of hydrogen-bond acceptors (Lipinski definition) is 6. The van der Waals surface area contributed by atoms with Gasteiger partial charge in [0, 0.05) is 0 Å². The van der Waals surface area contributed by atoms with Crippen molar-refractivity contribution >= 4 is 22.1 Å². The van der Waals surface area contributed by atoms with E-state index < -0.39 is 33.7 Å². The highest BCUT2D eigenvalue weighted by Crippen LogP contribution is 2.12. The van der Waals surface area contributed by atoms with Crippen molar-refractivity contribution in [3.05, 3.63) is 0 Å². The van der Waals surface area contributed by atoms with Crippen LogP contribution < -0.4 is 5.73 Å². The van der Waals surface area contributed by atoms with Gasteiger partial charge in [0.15, 0.2) is 5.25 Å². The van der Waals surface area contributed by atoms with Crippen LogP contribution in [-0.4, -0.2) is 48.4 Å². The van der Waals surface area contributed by atoms with E-state index in [-0.39, 0.29) is 6.61 Å². The van der Waals surface area contributed by atoms with Crippen LogP contribution in [0.2, 0.25) is 0 Å². The Labute approximate surface area is 227 Å². The van der Waals surface area contributed by atoms with Crippen LogP contribution in [-0.2, 0) is 24.4 Å². The van der Waals surface area contributed by atoms with Gasteiger partial charge in [0.25, 0.3) is 10.1 Å². The first-order valence-corrected chi connectivity index (χ1v) is 16.3. The summed E-state index contributed by atoms with van der Waals surface area (Å²) in [5.74, 6) is -2.70. The zero-order valence-corrected chi connectivity index (χ0v) is 24.6. The van der Waals surface area contributed by atoms with Crippen LogP contribution in [0.25, 0.3) is 0 Å². The number of ether oxygens (including phenoxy) is 1. The van der Waals surface area contributed by atoms with Crippen molar-refractivity contribution in [2.24, 2.45) is 5.73 Å². The summed E-state index contributed by atoms with van der Waals surface area (Å²) in [6, 6.07) is 0. The van der Waals surface area contributed by atoms with Crippen molar-refractivity contribution in [2.45, 2.75) is 154 Å². The molecule has 0 radical (unpaired) electrons. The van der Waals surface area contributed by atoms with Gasteiger partial charge in [0.1, 0.15) is 0 Å². The molecule has 0 aliphatic carbocycles. The summed E-state index contributed by atoms with van der Waals surface area (Å²) in [6.45, 7) is 5.36. The molecule has 0 saturated carbocycles. The molecule has 37 heavy (non-hydrogen) atoms. The Morgan fingerprint density at radius 2 is 1.03 bits per heavy atom. The number of rotatable bonds is 25. The maximum Gasteiger partial charge on any atom is 0.327 e. The van der Waals surface area contributed by atoms with Gasteiger partial charge in [-0.2, -0.15) is 8.42 Å². The van der Waals surface area contributed by atoms with Crippen LogP contribution in [0.3, 0.4) is 0 Å². The maximum absolute atomic E-state index is 11.6. The average Bonchev–Trinajstić information content (AvgIpc) is 2.84. The molecule has 0 rings (SSSR count). The Kier molecular flexibility index (Phi) is 28.6. The zero-order valence-electron chi connectivity index (χ0n) is 23.8. The third kappa shape index (κ3) is 29.2. The summed E-state index contributed by atoms with van der Waals surface area (Å²) in [4.78, 5) is 22.1. The minimum atomic E-state index is -4.78. The Balaban J connectivity index is 0. The molecule has 222 valence electrons. The van der Waals surface area contributed by atoms with E-state index in [4.69, 9.17) is 20.1 Å². The van der Waals surface area contributed by atoms with Gasteiger partial charge in [-0.05, 0) is 19.4 Å². The molecule has 1 unspecified atom stereocenters. The van der Waals surface area contributed by atoms with Crippen molar-refractivity contribution in [3.8, 4) is 0 Å². The fourth-order valence-electron chi connectivity index (χ4n) is 3.96. The van der Waals surface area contributed by atoms with E-state index in [1.54, 1.807) is 0 Å². The molecular weight excluding hydrogens is 494 g/mol. The van der Waals surface area contributed by atoms with Crippen LogP contribution in [0.1, 0.15) is 149 Å². The van der Waals surface area contributed by atoms with Crippen molar-refractivity contribution in [1.29, 1.82) is 0 Å². The summed E-state index contributed by atoms with van der Waals surface area (Å²) in [5, 5.41) is 6.52. The van der Waals surface area contributed by atoms with Crippen LogP contribution in [0.15, 0.2) is 0 Å². The summed E-state index contributed by atoms with van der Waals surface area (Å²) in [6.07, 6.45) is 24.0. The number of esters is 1. The average molecular weight is 552 g/mol. The lowest BCUT2D eigenvalue weighted by molar-refractivity contribution is -0.147. The summed E-state index contributed by atoms with van der Waals surface area (Å²) in [5.41, 5.74) is 5.42. The lowest BCUT2D eigenvalue weighted by atomic mass is 10.1. The summed E-state index contributed by atoms with van der Waals surface area (Å²) < 4.78 is 35.6. The van der Waals surface area contributed by atoms with Crippen LogP contribution >= 0.6 is 0 Å². The third-order valence-corrected chi connectivity index (χ3v) is 7.36. The first-order chi connectivity index (χ1) is 17.7. The molecule has 1 atom stereocenters. The molecule has 0 fully saturated rings. The second-order valence-electron chi connectivity index (χ2n) is 9.92. The molecule has 8 nitrogen and oxygen atoms in total. The number of carbonyl (C=O) groups excluding carboxylic acids is 1. The molecule has 9 heteroatoms. The maximum atomic E-state index is 11.6. The van der Waals surface area contributed by atoms with E-state index in [1.165, 1.54) is 103 Å². The fraction of sp³-hybridized carbons (Fsp3) is 0.929. The fourth-order valence-corrected chi connectivity index (χ4v) is 4.62. The highest BCUT2D eigenvalue weighted by Gasteiger charge is 2.34. The van der Waals surface area contributed by atoms with E-state index in [1.807, 2.05) is 0 Å². The van der Waals surface area contributed by atoms with Crippen molar-refractivity contribution < 1.29 is 32.4 Å². The number of aliphatic carboxylic acids is 1. The number of unbranched alkanes of at least 4 members (excludes halogenated alkanes) is 18. The van der Waals surface area contributed by atoms with Gasteiger partial charge < -0.3 is 15.6 Å². The molecule has 0 saturated heterocycles. The van der Waals surface area contributed by atoms with Crippen molar-refractivity contribution in [3.63, 3.8) is 0 Å². The minimum Gasteiger partial charge on any atom is -0.481 e. The Morgan fingerprint density at radius 3 is 1.35 bits per heavy atom. The lowest BCUT2D eigenvalue weighted by Crippen LogP contribution is -2.34. The van der Waals surface area contributed by atoms with E-state index in [9.17, 15) is 18.0 Å². The van der Waals surface area contributed by atoms with E-state index in [0.29, 0.717) is 6.42 Å². The number of hydrogen-bond donors (Lipinski definition) is 3. The van der Waals surface area contributed by atoms with E-state index in [0.717, 1.165) is 25.8 Å².